The topological polar surface area (TPSA) is 73.6 Å². The smallest absolute Gasteiger partial charge is 0.291 e. The molecule has 1 N–H and O–H groups in total. The molecule has 1 amide bonds. The molecule has 4 rings (SSSR count). The third-order valence-corrected chi connectivity index (χ3v) is 3.37. The van der Waals surface area contributed by atoms with Crippen LogP contribution in [0.4, 0.5) is 5.69 Å². The zero-order valence-electron chi connectivity index (χ0n) is 11.8. The summed E-state index contributed by atoms with van der Waals surface area (Å²) in [4.78, 5) is 16.6. The molecule has 0 aliphatic carbocycles. The van der Waals surface area contributed by atoms with Gasteiger partial charge < -0.3 is 19.2 Å². The highest BCUT2D eigenvalue weighted by molar-refractivity contribution is 6.04. The molecule has 110 valence electrons. The molecule has 0 fully saturated rings. The molecule has 6 heteroatoms. The molecule has 0 radical (unpaired) electrons. The fraction of sp³-hybridized carbons (Fsp3) is 0.125. The van der Waals surface area contributed by atoms with E-state index in [-0.39, 0.29) is 18.5 Å². The Kier molecular flexibility index (Phi) is 2.75. The van der Waals surface area contributed by atoms with Crippen LogP contribution in [0.3, 0.4) is 0 Å². The SMILES string of the molecule is Cc1ccc2oc(C(=O)Nc3ccc4c(c3)OCO4)cc2n1. The number of hydrogen-bond donors (Lipinski definition) is 1. The van der Waals surface area contributed by atoms with Crippen molar-refractivity contribution in [1.82, 2.24) is 4.98 Å². The zero-order valence-corrected chi connectivity index (χ0v) is 11.8. The molecule has 0 saturated carbocycles. The van der Waals surface area contributed by atoms with Crippen molar-refractivity contribution in [3.63, 3.8) is 0 Å². The fourth-order valence-electron chi connectivity index (χ4n) is 2.30. The summed E-state index contributed by atoms with van der Waals surface area (Å²) >= 11 is 0. The van der Waals surface area contributed by atoms with E-state index in [1.807, 2.05) is 13.0 Å². The van der Waals surface area contributed by atoms with Gasteiger partial charge in [-0.2, -0.15) is 0 Å². The number of fused-ring (bicyclic) bond motifs is 2. The van der Waals surface area contributed by atoms with E-state index in [9.17, 15) is 4.79 Å². The maximum atomic E-state index is 12.3. The van der Waals surface area contributed by atoms with E-state index in [1.165, 1.54) is 0 Å². The average molecular weight is 296 g/mol. The summed E-state index contributed by atoms with van der Waals surface area (Å²) in [7, 11) is 0. The normalized spacial score (nSPS) is 12.6. The first kappa shape index (κ1) is 12.7. The van der Waals surface area contributed by atoms with Gasteiger partial charge in [-0.3, -0.25) is 4.79 Å². The van der Waals surface area contributed by atoms with E-state index >= 15 is 0 Å². The number of carbonyl (C=O) groups is 1. The second kappa shape index (κ2) is 4.77. The second-order valence-corrected chi connectivity index (χ2v) is 4.97. The van der Waals surface area contributed by atoms with Crippen LogP contribution in [0.2, 0.25) is 0 Å². The van der Waals surface area contributed by atoms with E-state index in [0.29, 0.717) is 28.3 Å². The minimum absolute atomic E-state index is 0.196. The molecule has 0 bridgehead atoms. The molecule has 22 heavy (non-hydrogen) atoms. The molecule has 1 aliphatic heterocycles. The molecule has 6 nitrogen and oxygen atoms in total. The Balaban J connectivity index is 1.60. The van der Waals surface area contributed by atoms with E-state index < -0.39 is 0 Å². The van der Waals surface area contributed by atoms with Crippen molar-refractivity contribution in [2.75, 3.05) is 12.1 Å². The largest absolute Gasteiger partial charge is 0.454 e. The first-order valence-electron chi connectivity index (χ1n) is 6.77. The first-order valence-corrected chi connectivity index (χ1v) is 6.77. The van der Waals surface area contributed by atoms with Gasteiger partial charge >= 0.3 is 0 Å². The van der Waals surface area contributed by atoms with Crippen molar-refractivity contribution < 1.29 is 18.7 Å². The number of rotatable bonds is 2. The Morgan fingerprint density at radius 1 is 1.14 bits per heavy atom. The predicted molar refractivity (Wildman–Crippen MR) is 79.3 cm³/mol. The minimum Gasteiger partial charge on any atom is -0.454 e. The van der Waals surface area contributed by atoms with Crippen molar-refractivity contribution in [3.8, 4) is 11.5 Å². The number of ether oxygens (including phenoxy) is 2. The van der Waals surface area contributed by atoms with E-state index in [1.54, 1.807) is 30.3 Å². The number of aromatic nitrogens is 1. The molecule has 0 saturated heterocycles. The molecule has 0 unspecified atom stereocenters. The van der Waals surface area contributed by atoms with Crippen LogP contribution >= 0.6 is 0 Å². The molecular weight excluding hydrogens is 284 g/mol. The number of benzene rings is 1. The number of nitrogens with zero attached hydrogens (tertiary/aromatic N) is 1. The number of carbonyl (C=O) groups excluding carboxylic acids is 1. The highest BCUT2D eigenvalue weighted by Gasteiger charge is 2.17. The Bertz CT molecular complexity index is 885. The number of furan rings is 1. The van der Waals surface area contributed by atoms with Crippen molar-refractivity contribution in [2.24, 2.45) is 0 Å². The summed E-state index contributed by atoms with van der Waals surface area (Å²) in [6, 6.07) is 10.5. The van der Waals surface area contributed by atoms with Gasteiger partial charge in [-0.1, -0.05) is 0 Å². The number of aryl methyl sites for hydroxylation is 1. The van der Waals surface area contributed by atoms with Gasteiger partial charge in [0.15, 0.2) is 22.8 Å². The Labute approximate surface area is 125 Å². The number of nitrogens with one attached hydrogen (secondary N) is 1. The summed E-state index contributed by atoms with van der Waals surface area (Å²) in [5.41, 5.74) is 2.73. The average Bonchev–Trinajstić information content (AvgIpc) is 3.12. The third kappa shape index (κ3) is 2.14. The number of amides is 1. The summed E-state index contributed by atoms with van der Waals surface area (Å²) in [5.74, 6) is 1.15. The highest BCUT2D eigenvalue weighted by atomic mass is 16.7. The lowest BCUT2D eigenvalue weighted by atomic mass is 10.2. The van der Waals surface area contributed by atoms with Gasteiger partial charge in [-0.05, 0) is 31.2 Å². The van der Waals surface area contributed by atoms with Crippen molar-refractivity contribution in [1.29, 1.82) is 0 Å². The first-order chi connectivity index (χ1) is 10.7. The lowest BCUT2D eigenvalue weighted by molar-refractivity contribution is 0.0998. The van der Waals surface area contributed by atoms with Crippen LogP contribution in [0.1, 0.15) is 16.2 Å². The maximum absolute atomic E-state index is 12.3. The van der Waals surface area contributed by atoms with Gasteiger partial charge in [0.1, 0.15) is 5.52 Å². The summed E-state index contributed by atoms with van der Waals surface area (Å²) in [6.45, 7) is 2.08. The van der Waals surface area contributed by atoms with Crippen LogP contribution in [0, 0.1) is 6.92 Å². The Hall–Kier alpha value is -3.02. The lowest BCUT2D eigenvalue weighted by Gasteiger charge is -2.04. The van der Waals surface area contributed by atoms with Gasteiger partial charge in [0.05, 0.1) is 0 Å². The van der Waals surface area contributed by atoms with Gasteiger partial charge in [0, 0.05) is 23.5 Å². The van der Waals surface area contributed by atoms with Gasteiger partial charge in [0.2, 0.25) is 6.79 Å². The van der Waals surface area contributed by atoms with E-state index in [4.69, 9.17) is 13.9 Å². The quantitative estimate of drug-likeness (QED) is 0.786. The van der Waals surface area contributed by atoms with Crippen LogP contribution in [0.15, 0.2) is 40.8 Å². The number of hydrogen-bond acceptors (Lipinski definition) is 5. The Morgan fingerprint density at radius 2 is 2.00 bits per heavy atom. The fourth-order valence-corrected chi connectivity index (χ4v) is 2.30. The number of pyridine rings is 1. The van der Waals surface area contributed by atoms with Crippen LogP contribution in [-0.2, 0) is 0 Å². The molecule has 1 aliphatic rings. The van der Waals surface area contributed by atoms with Gasteiger partial charge in [-0.25, -0.2) is 4.98 Å². The third-order valence-electron chi connectivity index (χ3n) is 3.37. The van der Waals surface area contributed by atoms with Gasteiger partial charge in [0.25, 0.3) is 5.91 Å². The molecule has 0 spiro atoms. The second-order valence-electron chi connectivity index (χ2n) is 4.97. The predicted octanol–water partition coefficient (Wildman–Crippen LogP) is 3.12. The maximum Gasteiger partial charge on any atom is 0.291 e. The number of anilines is 1. The lowest BCUT2D eigenvalue weighted by Crippen LogP contribution is -2.10. The van der Waals surface area contributed by atoms with E-state index in [2.05, 4.69) is 10.3 Å². The minimum atomic E-state index is -0.338. The van der Waals surface area contributed by atoms with Crippen molar-refractivity contribution >= 4 is 22.7 Å². The van der Waals surface area contributed by atoms with Crippen molar-refractivity contribution in [3.05, 3.63) is 47.9 Å². The monoisotopic (exact) mass is 296 g/mol. The van der Waals surface area contributed by atoms with Crippen molar-refractivity contribution in [2.45, 2.75) is 6.92 Å². The van der Waals surface area contributed by atoms with Gasteiger partial charge in [-0.15, -0.1) is 0 Å². The molecule has 0 atom stereocenters. The van der Waals surface area contributed by atoms with E-state index in [0.717, 1.165) is 5.69 Å². The van der Waals surface area contributed by atoms with Crippen LogP contribution in [0.25, 0.3) is 11.1 Å². The van der Waals surface area contributed by atoms with Crippen LogP contribution in [0.5, 0.6) is 11.5 Å². The summed E-state index contributed by atoms with van der Waals surface area (Å²) < 4.78 is 16.0. The molecule has 1 aromatic carbocycles. The van der Waals surface area contributed by atoms with Crippen LogP contribution in [-0.4, -0.2) is 17.7 Å². The summed E-state index contributed by atoms with van der Waals surface area (Å²) in [6.07, 6.45) is 0. The highest BCUT2D eigenvalue weighted by Crippen LogP contribution is 2.34. The molecule has 3 heterocycles. The summed E-state index contributed by atoms with van der Waals surface area (Å²) in [5, 5.41) is 2.77. The van der Waals surface area contributed by atoms with Crippen LogP contribution < -0.4 is 14.8 Å². The molecule has 2 aromatic heterocycles. The standard InChI is InChI=1S/C16H12N2O4/c1-9-2-4-12-11(17-9)7-15(22-12)16(19)18-10-3-5-13-14(6-10)21-8-20-13/h2-7H,8H2,1H3,(H,18,19). The molecular formula is C16H12N2O4. The molecule has 3 aromatic rings. The Morgan fingerprint density at radius 3 is 2.91 bits per heavy atom. The zero-order chi connectivity index (χ0) is 15.1.